The summed E-state index contributed by atoms with van der Waals surface area (Å²) < 4.78 is 16.5. The van der Waals surface area contributed by atoms with E-state index in [1.54, 1.807) is 13.2 Å². The van der Waals surface area contributed by atoms with Crippen molar-refractivity contribution in [3.8, 4) is 11.5 Å². The molecule has 0 saturated heterocycles. The number of rotatable bonds is 14. The molecule has 1 aliphatic rings. The highest BCUT2D eigenvalue weighted by Gasteiger charge is 2.21. The molecule has 1 saturated carbocycles. The molecule has 0 radical (unpaired) electrons. The van der Waals surface area contributed by atoms with Crippen LogP contribution in [0.1, 0.15) is 75.8 Å². The van der Waals surface area contributed by atoms with Crippen LogP contribution in [-0.2, 0) is 16.0 Å². The number of benzene rings is 2. The average molecular weight is 507 g/mol. The van der Waals surface area contributed by atoms with Crippen LogP contribution in [0, 0.1) is 11.8 Å². The van der Waals surface area contributed by atoms with Crippen molar-refractivity contribution in [3.63, 3.8) is 0 Å². The molecular formula is C32H42O5. The van der Waals surface area contributed by atoms with Crippen molar-refractivity contribution >= 4 is 5.97 Å². The second kappa shape index (κ2) is 15.3. The van der Waals surface area contributed by atoms with Crippen molar-refractivity contribution in [1.82, 2.24) is 0 Å². The van der Waals surface area contributed by atoms with Gasteiger partial charge in [-0.15, -0.1) is 0 Å². The molecule has 5 nitrogen and oxygen atoms in total. The van der Waals surface area contributed by atoms with Crippen LogP contribution < -0.4 is 9.47 Å². The maximum absolute atomic E-state index is 11.5. The van der Waals surface area contributed by atoms with Crippen LogP contribution in [0.3, 0.4) is 0 Å². The molecule has 1 unspecified atom stereocenters. The second-order valence-corrected chi connectivity index (χ2v) is 10.2. The molecule has 3 rings (SSSR count). The fraction of sp³-hybridized carbons (Fsp3) is 0.469. The number of esters is 1. The summed E-state index contributed by atoms with van der Waals surface area (Å²) >= 11 is 0. The first-order valence-corrected chi connectivity index (χ1v) is 13.6. The lowest BCUT2D eigenvalue weighted by molar-refractivity contribution is -0.140. The van der Waals surface area contributed by atoms with Gasteiger partial charge >= 0.3 is 5.97 Å². The fourth-order valence-electron chi connectivity index (χ4n) is 4.87. The Morgan fingerprint density at radius 3 is 2.14 bits per heavy atom. The minimum absolute atomic E-state index is 0.0295. The summed E-state index contributed by atoms with van der Waals surface area (Å²) in [5.74, 6) is 2.59. The third-order valence-electron chi connectivity index (χ3n) is 7.18. The molecule has 0 aromatic heterocycles. The van der Waals surface area contributed by atoms with Gasteiger partial charge in [0.05, 0.1) is 6.61 Å². The normalized spacial score (nSPS) is 18.4. The van der Waals surface area contributed by atoms with Gasteiger partial charge in [-0.25, -0.2) is 4.79 Å². The Balaban J connectivity index is 1.37. The van der Waals surface area contributed by atoms with Gasteiger partial charge in [-0.05, 0) is 92.7 Å². The van der Waals surface area contributed by atoms with Gasteiger partial charge in [-0.3, -0.25) is 0 Å². The van der Waals surface area contributed by atoms with E-state index in [4.69, 9.17) is 14.2 Å². The van der Waals surface area contributed by atoms with Crippen LogP contribution in [0.4, 0.5) is 0 Å². The molecule has 1 N–H and O–H groups in total. The maximum atomic E-state index is 11.5. The van der Waals surface area contributed by atoms with Gasteiger partial charge in [-0.2, -0.15) is 0 Å². The molecule has 0 bridgehead atoms. The highest BCUT2D eigenvalue weighted by Crippen LogP contribution is 2.37. The Kier molecular flexibility index (Phi) is 11.8. The summed E-state index contributed by atoms with van der Waals surface area (Å²) in [6.07, 6.45) is 12.5. The van der Waals surface area contributed by atoms with Gasteiger partial charge in [0.1, 0.15) is 24.0 Å². The van der Waals surface area contributed by atoms with Crippen LogP contribution in [0.5, 0.6) is 11.5 Å². The number of carbonyl (C=O) groups is 1. The Hall–Kier alpha value is -3.05. The smallest absolute Gasteiger partial charge is 0.333 e. The molecule has 0 aliphatic heterocycles. The lowest BCUT2D eigenvalue weighted by atomic mass is 9.77. The topological polar surface area (TPSA) is 65.0 Å². The monoisotopic (exact) mass is 506 g/mol. The van der Waals surface area contributed by atoms with Gasteiger partial charge in [0, 0.05) is 18.1 Å². The lowest BCUT2D eigenvalue weighted by Crippen LogP contribution is -2.18. The minimum Gasteiger partial charge on any atom is -0.462 e. The molecule has 0 amide bonds. The summed E-state index contributed by atoms with van der Waals surface area (Å²) in [7, 11) is 0. The summed E-state index contributed by atoms with van der Waals surface area (Å²) in [5.41, 5.74) is 2.90. The summed E-state index contributed by atoms with van der Waals surface area (Å²) in [6.45, 7) is 7.62. The summed E-state index contributed by atoms with van der Waals surface area (Å²) in [6, 6.07) is 16.2. The van der Waals surface area contributed by atoms with E-state index in [9.17, 15) is 9.90 Å². The molecule has 2 aromatic carbocycles. The molecule has 2 aromatic rings. The zero-order chi connectivity index (χ0) is 26.5. The van der Waals surface area contributed by atoms with Gasteiger partial charge in [0.15, 0.2) is 0 Å². The zero-order valence-corrected chi connectivity index (χ0v) is 22.4. The molecule has 5 heteroatoms. The first-order chi connectivity index (χ1) is 18.0. The van der Waals surface area contributed by atoms with Crippen LogP contribution in [0.15, 0.2) is 73.2 Å². The molecular weight excluding hydrogens is 464 g/mol. The van der Waals surface area contributed by atoms with Crippen LogP contribution in [0.25, 0.3) is 0 Å². The number of hydrogen-bond donors (Lipinski definition) is 1. The van der Waals surface area contributed by atoms with Crippen molar-refractivity contribution < 1.29 is 24.1 Å². The van der Waals surface area contributed by atoms with Gasteiger partial charge in [0.2, 0.25) is 0 Å². The predicted octanol–water partition coefficient (Wildman–Crippen LogP) is 7.35. The summed E-state index contributed by atoms with van der Waals surface area (Å²) in [5, 5.41) is 9.55. The van der Waals surface area contributed by atoms with E-state index in [0.717, 1.165) is 23.7 Å². The Morgan fingerprint density at radius 1 is 1.00 bits per heavy atom. The molecule has 0 spiro atoms. The van der Waals surface area contributed by atoms with Crippen molar-refractivity contribution in [1.29, 1.82) is 0 Å². The van der Waals surface area contributed by atoms with E-state index in [2.05, 4.69) is 25.6 Å². The first-order valence-electron chi connectivity index (χ1n) is 13.6. The number of aliphatic hydroxyl groups is 1. The second-order valence-electron chi connectivity index (χ2n) is 10.2. The van der Waals surface area contributed by atoms with E-state index in [0.29, 0.717) is 23.7 Å². The van der Waals surface area contributed by atoms with Crippen LogP contribution in [0.2, 0.25) is 0 Å². The van der Waals surface area contributed by atoms with Gasteiger partial charge in [0.25, 0.3) is 0 Å². The number of carbonyl (C=O) groups excluding carboxylic acids is 1. The quantitative estimate of drug-likeness (QED) is 0.165. The highest BCUT2D eigenvalue weighted by molar-refractivity contribution is 5.86. The van der Waals surface area contributed by atoms with E-state index >= 15 is 0 Å². The third-order valence-corrected chi connectivity index (χ3v) is 7.18. The maximum Gasteiger partial charge on any atom is 0.333 e. The van der Waals surface area contributed by atoms with Crippen molar-refractivity contribution in [2.45, 2.75) is 71.1 Å². The van der Waals surface area contributed by atoms with E-state index in [1.807, 2.05) is 36.4 Å². The molecule has 1 aliphatic carbocycles. The van der Waals surface area contributed by atoms with E-state index in [1.165, 1.54) is 50.4 Å². The number of ether oxygens (including phenoxy) is 3. The summed E-state index contributed by atoms with van der Waals surface area (Å²) in [4.78, 5) is 11.5. The largest absolute Gasteiger partial charge is 0.462 e. The molecule has 1 fully saturated rings. The molecule has 1 atom stereocenters. The Morgan fingerprint density at radius 2 is 1.59 bits per heavy atom. The molecule has 200 valence electrons. The number of aryl methyl sites for hydroxylation is 1. The van der Waals surface area contributed by atoms with Crippen molar-refractivity contribution in [2.75, 3.05) is 13.2 Å². The Labute approximate surface area is 222 Å². The number of aliphatic hydroxyl groups excluding tert-OH is 1. The fourth-order valence-corrected chi connectivity index (χ4v) is 4.87. The molecule has 37 heavy (non-hydrogen) atoms. The van der Waals surface area contributed by atoms with Crippen molar-refractivity contribution in [3.05, 3.63) is 84.3 Å². The standard InChI is InChI=1S/C32H42O5/c1-4-5-25-8-12-28(13-9-25)29-14-18-31(19-15-29)36-21-20-35-30-16-10-26(11-17-30)6-7-27(22-33)23-37-32(34)24(2)3/h10-11,14-21,25,27-28,33H,2,4-9,12-13,22-23H2,1,3H3/b21-20-. The van der Waals surface area contributed by atoms with Gasteiger partial charge in [-0.1, -0.05) is 50.6 Å². The van der Waals surface area contributed by atoms with Gasteiger partial charge < -0.3 is 19.3 Å². The predicted molar refractivity (Wildman–Crippen MR) is 148 cm³/mol. The highest BCUT2D eigenvalue weighted by atomic mass is 16.5. The number of hydrogen-bond acceptors (Lipinski definition) is 5. The zero-order valence-electron chi connectivity index (χ0n) is 22.4. The molecule has 0 heterocycles. The van der Waals surface area contributed by atoms with Crippen LogP contribution >= 0.6 is 0 Å². The van der Waals surface area contributed by atoms with Crippen LogP contribution in [-0.4, -0.2) is 24.3 Å². The Bertz CT molecular complexity index is 985. The lowest BCUT2D eigenvalue weighted by Gasteiger charge is -2.28. The average Bonchev–Trinajstić information content (AvgIpc) is 2.92. The van der Waals surface area contributed by atoms with E-state index in [-0.39, 0.29) is 19.1 Å². The third kappa shape index (κ3) is 9.73. The van der Waals surface area contributed by atoms with E-state index < -0.39 is 5.97 Å². The van der Waals surface area contributed by atoms with Crippen molar-refractivity contribution in [2.24, 2.45) is 11.8 Å². The minimum atomic E-state index is -0.422. The first kappa shape index (κ1) is 28.5. The SMILES string of the molecule is C=C(C)C(=O)OCC(CO)CCc1ccc(O/C=C\Oc2ccc(C3CCC(CCC)CC3)cc2)cc1.